The molecule has 0 aliphatic carbocycles. The molecule has 1 unspecified atom stereocenters. The zero-order valence-corrected chi connectivity index (χ0v) is 15.1. The number of hydrogen-bond donors (Lipinski definition) is 1. The molecule has 7 heteroatoms. The average Bonchev–Trinajstić information content (AvgIpc) is 3.28. The van der Waals surface area contributed by atoms with Gasteiger partial charge in [-0.15, -0.1) is 0 Å². The zero-order valence-electron chi connectivity index (χ0n) is 15.1. The van der Waals surface area contributed by atoms with E-state index in [4.69, 9.17) is 4.52 Å². The molecule has 1 atom stereocenters. The first-order valence-electron chi connectivity index (χ1n) is 8.83. The minimum Gasteiger partial charge on any atom is -0.480 e. The first kappa shape index (κ1) is 17.2. The summed E-state index contributed by atoms with van der Waals surface area (Å²) in [5, 5.41) is 13.9. The van der Waals surface area contributed by atoms with Crippen LogP contribution in [0.3, 0.4) is 0 Å². The molecule has 1 amide bonds. The fraction of sp³-hybridized carbons (Fsp3) is 0.300. The van der Waals surface area contributed by atoms with E-state index in [1.807, 2.05) is 31.2 Å². The van der Waals surface area contributed by atoms with E-state index in [0.29, 0.717) is 41.7 Å². The van der Waals surface area contributed by atoms with Crippen molar-refractivity contribution in [2.24, 2.45) is 0 Å². The molecule has 1 aliphatic rings. The van der Waals surface area contributed by atoms with Gasteiger partial charge >= 0.3 is 5.97 Å². The summed E-state index contributed by atoms with van der Waals surface area (Å²) < 4.78 is 5.31. The Morgan fingerprint density at radius 2 is 1.96 bits per heavy atom. The molecule has 1 fully saturated rings. The lowest BCUT2D eigenvalue weighted by molar-refractivity contribution is -0.141. The van der Waals surface area contributed by atoms with Gasteiger partial charge in [0.15, 0.2) is 0 Å². The molecule has 2 aromatic heterocycles. The molecule has 138 valence electrons. The number of likely N-dealkylation sites (tertiary alicyclic amines) is 1. The van der Waals surface area contributed by atoms with Crippen molar-refractivity contribution in [2.45, 2.75) is 32.7 Å². The zero-order chi connectivity index (χ0) is 19.1. The standard InChI is InChI=1S/C20H19N3O4/c1-11-5-7-13(8-6-11)15-10-14(17-12(2)22-27-18(17)21-15)19(24)23-9-3-4-16(23)20(25)26/h5-8,10,16H,3-4,9H2,1-2H3,(H,25,26). The van der Waals surface area contributed by atoms with Crippen LogP contribution in [-0.2, 0) is 4.79 Å². The number of nitrogens with zero attached hydrogens (tertiary/aromatic N) is 3. The van der Waals surface area contributed by atoms with E-state index in [-0.39, 0.29) is 11.6 Å². The van der Waals surface area contributed by atoms with Gasteiger partial charge in [-0.1, -0.05) is 35.0 Å². The number of fused-ring (bicyclic) bond motifs is 1. The molecule has 0 spiro atoms. The molecule has 7 nitrogen and oxygen atoms in total. The predicted octanol–water partition coefficient (Wildman–Crippen LogP) is 3.20. The molecule has 1 N–H and O–H groups in total. The Hall–Kier alpha value is -3.22. The summed E-state index contributed by atoms with van der Waals surface area (Å²) >= 11 is 0. The van der Waals surface area contributed by atoms with E-state index >= 15 is 0 Å². The maximum absolute atomic E-state index is 13.2. The summed E-state index contributed by atoms with van der Waals surface area (Å²) in [7, 11) is 0. The maximum Gasteiger partial charge on any atom is 0.326 e. The summed E-state index contributed by atoms with van der Waals surface area (Å²) in [4.78, 5) is 30.7. The van der Waals surface area contributed by atoms with Crippen LogP contribution < -0.4 is 0 Å². The third kappa shape index (κ3) is 2.95. The van der Waals surface area contributed by atoms with Crippen molar-refractivity contribution in [3.05, 3.63) is 47.2 Å². The highest BCUT2D eigenvalue weighted by atomic mass is 16.5. The maximum atomic E-state index is 13.2. The third-order valence-corrected chi connectivity index (χ3v) is 4.99. The van der Waals surface area contributed by atoms with E-state index in [2.05, 4.69) is 10.1 Å². The second-order valence-corrected chi connectivity index (χ2v) is 6.86. The Morgan fingerprint density at radius 1 is 1.22 bits per heavy atom. The summed E-state index contributed by atoms with van der Waals surface area (Å²) in [6.07, 6.45) is 1.13. The Morgan fingerprint density at radius 3 is 2.67 bits per heavy atom. The van der Waals surface area contributed by atoms with Gasteiger partial charge in [0.1, 0.15) is 6.04 Å². The highest BCUT2D eigenvalue weighted by molar-refractivity contribution is 6.08. The van der Waals surface area contributed by atoms with E-state index in [1.165, 1.54) is 4.90 Å². The second-order valence-electron chi connectivity index (χ2n) is 6.86. The molecule has 0 bridgehead atoms. The molecule has 3 heterocycles. The number of carbonyl (C=O) groups is 2. The first-order chi connectivity index (χ1) is 13.0. The molecule has 1 aromatic carbocycles. The minimum atomic E-state index is -0.980. The number of amides is 1. The number of benzene rings is 1. The van der Waals surface area contributed by atoms with Crippen LogP contribution in [0, 0.1) is 13.8 Å². The van der Waals surface area contributed by atoms with Gasteiger partial charge in [0.2, 0.25) is 0 Å². The summed E-state index contributed by atoms with van der Waals surface area (Å²) in [5.41, 5.74) is 3.77. The lowest BCUT2D eigenvalue weighted by Crippen LogP contribution is -2.40. The van der Waals surface area contributed by atoms with E-state index in [9.17, 15) is 14.7 Å². The van der Waals surface area contributed by atoms with Gasteiger partial charge < -0.3 is 14.5 Å². The molecule has 0 radical (unpaired) electrons. The van der Waals surface area contributed by atoms with Gasteiger partial charge in [-0.2, -0.15) is 0 Å². The normalized spacial score (nSPS) is 16.8. The van der Waals surface area contributed by atoms with Crippen LogP contribution in [0.15, 0.2) is 34.9 Å². The van der Waals surface area contributed by atoms with Crippen LogP contribution in [0.2, 0.25) is 0 Å². The number of aliphatic carboxylic acids is 1. The number of rotatable bonds is 3. The van der Waals surface area contributed by atoms with Crippen molar-refractivity contribution in [3.63, 3.8) is 0 Å². The lowest BCUT2D eigenvalue weighted by atomic mass is 10.0. The van der Waals surface area contributed by atoms with Crippen LogP contribution in [0.1, 0.15) is 34.5 Å². The largest absolute Gasteiger partial charge is 0.480 e. The van der Waals surface area contributed by atoms with E-state index < -0.39 is 12.0 Å². The van der Waals surface area contributed by atoms with E-state index in [0.717, 1.165) is 11.1 Å². The lowest BCUT2D eigenvalue weighted by Gasteiger charge is -2.22. The number of pyridine rings is 1. The Labute approximate surface area is 155 Å². The molecular weight excluding hydrogens is 346 g/mol. The molecule has 1 saturated heterocycles. The second kappa shape index (κ2) is 6.50. The number of carbonyl (C=O) groups excluding carboxylic acids is 1. The minimum absolute atomic E-state index is 0.278. The fourth-order valence-corrected chi connectivity index (χ4v) is 3.56. The smallest absolute Gasteiger partial charge is 0.326 e. The van der Waals surface area contributed by atoms with Gasteiger partial charge in [0.25, 0.3) is 11.6 Å². The Bertz CT molecular complexity index is 1040. The molecule has 0 saturated carbocycles. The topological polar surface area (TPSA) is 96.5 Å². The van der Waals surface area contributed by atoms with Crippen molar-refractivity contribution >= 4 is 23.0 Å². The van der Waals surface area contributed by atoms with Gasteiger partial charge in [-0.05, 0) is 32.8 Å². The number of carboxylic acids is 1. The van der Waals surface area contributed by atoms with Crippen LogP contribution in [0.4, 0.5) is 0 Å². The number of carboxylic acid groups (broad SMARTS) is 1. The van der Waals surface area contributed by atoms with Crippen LogP contribution >= 0.6 is 0 Å². The van der Waals surface area contributed by atoms with Crippen molar-refractivity contribution in [1.82, 2.24) is 15.0 Å². The fourth-order valence-electron chi connectivity index (χ4n) is 3.56. The highest BCUT2D eigenvalue weighted by Crippen LogP contribution is 2.30. The quantitative estimate of drug-likeness (QED) is 0.766. The molecular formula is C20H19N3O4. The SMILES string of the molecule is Cc1ccc(-c2cc(C(=O)N3CCCC3C(=O)O)c3c(C)noc3n2)cc1. The summed E-state index contributed by atoms with van der Waals surface area (Å²) in [6, 6.07) is 8.69. The first-order valence-corrected chi connectivity index (χ1v) is 8.83. The Kier molecular flexibility index (Phi) is 4.14. The van der Waals surface area contributed by atoms with Crippen LogP contribution in [0.25, 0.3) is 22.4 Å². The van der Waals surface area contributed by atoms with Crippen molar-refractivity contribution < 1.29 is 19.2 Å². The van der Waals surface area contributed by atoms with Crippen molar-refractivity contribution in [2.75, 3.05) is 6.54 Å². The summed E-state index contributed by atoms with van der Waals surface area (Å²) in [5.74, 6) is -1.31. The molecule has 3 aromatic rings. The van der Waals surface area contributed by atoms with Gasteiger partial charge in [0, 0.05) is 12.1 Å². The third-order valence-electron chi connectivity index (χ3n) is 4.99. The van der Waals surface area contributed by atoms with Crippen LogP contribution in [0.5, 0.6) is 0 Å². The van der Waals surface area contributed by atoms with Gasteiger partial charge in [-0.25, -0.2) is 9.78 Å². The number of aromatic nitrogens is 2. The highest BCUT2D eigenvalue weighted by Gasteiger charge is 2.35. The van der Waals surface area contributed by atoms with Crippen molar-refractivity contribution in [3.8, 4) is 11.3 Å². The van der Waals surface area contributed by atoms with Gasteiger partial charge in [-0.3, -0.25) is 4.79 Å². The number of aryl methyl sites for hydroxylation is 2. The molecule has 4 rings (SSSR count). The summed E-state index contributed by atoms with van der Waals surface area (Å²) in [6.45, 7) is 4.16. The number of hydrogen-bond acceptors (Lipinski definition) is 5. The predicted molar refractivity (Wildman–Crippen MR) is 98.4 cm³/mol. The monoisotopic (exact) mass is 365 g/mol. The van der Waals surface area contributed by atoms with E-state index in [1.54, 1.807) is 13.0 Å². The Balaban J connectivity index is 1.85. The van der Waals surface area contributed by atoms with Gasteiger partial charge in [0.05, 0.1) is 22.3 Å². The molecule has 1 aliphatic heterocycles. The van der Waals surface area contributed by atoms with Crippen LogP contribution in [-0.4, -0.2) is 44.6 Å². The molecule has 27 heavy (non-hydrogen) atoms. The van der Waals surface area contributed by atoms with Crippen molar-refractivity contribution in [1.29, 1.82) is 0 Å². The average molecular weight is 365 g/mol.